The van der Waals surface area contributed by atoms with Crippen molar-refractivity contribution in [2.24, 2.45) is 5.92 Å². The van der Waals surface area contributed by atoms with E-state index in [-0.39, 0.29) is 0 Å². The Morgan fingerprint density at radius 3 is 2.78 bits per heavy atom. The van der Waals surface area contributed by atoms with E-state index in [9.17, 15) is 0 Å². The van der Waals surface area contributed by atoms with Crippen molar-refractivity contribution in [1.29, 1.82) is 5.26 Å². The largest absolute Gasteiger partial charge is 0.310 e. The van der Waals surface area contributed by atoms with Crippen LogP contribution in [0.25, 0.3) is 0 Å². The van der Waals surface area contributed by atoms with E-state index in [4.69, 9.17) is 16.9 Å². The van der Waals surface area contributed by atoms with E-state index in [1.54, 1.807) is 6.07 Å². The van der Waals surface area contributed by atoms with Gasteiger partial charge < -0.3 is 5.32 Å². The number of benzene rings is 1. The molecule has 1 N–H and O–H groups in total. The SMILES string of the molecule is C[C@@H](NCc1ccc(C#N)cc1Cl)C1CCCC1. The van der Waals surface area contributed by atoms with Crippen LogP contribution in [0.2, 0.25) is 5.02 Å². The quantitative estimate of drug-likeness (QED) is 0.894. The van der Waals surface area contributed by atoms with Crippen LogP contribution in [0.4, 0.5) is 0 Å². The fourth-order valence-electron chi connectivity index (χ4n) is 2.66. The molecule has 1 fully saturated rings. The molecule has 1 saturated carbocycles. The highest BCUT2D eigenvalue weighted by atomic mass is 35.5. The second-order valence-electron chi connectivity index (χ2n) is 5.13. The molecule has 1 aromatic carbocycles. The topological polar surface area (TPSA) is 35.8 Å². The highest BCUT2D eigenvalue weighted by Crippen LogP contribution is 2.28. The molecular weight excluding hydrogens is 244 g/mol. The van der Waals surface area contributed by atoms with Gasteiger partial charge in [0.15, 0.2) is 0 Å². The van der Waals surface area contributed by atoms with Crippen LogP contribution in [-0.4, -0.2) is 6.04 Å². The molecule has 1 aromatic rings. The van der Waals surface area contributed by atoms with Crippen molar-refractivity contribution in [2.45, 2.75) is 45.2 Å². The van der Waals surface area contributed by atoms with Gasteiger partial charge in [-0.05, 0) is 43.4 Å². The maximum atomic E-state index is 8.79. The van der Waals surface area contributed by atoms with Gasteiger partial charge in [-0.1, -0.05) is 30.5 Å². The van der Waals surface area contributed by atoms with Gasteiger partial charge in [0.25, 0.3) is 0 Å². The first kappa shape index (κ1) is 13.4. The number of hydrogen-bond acceptors (Lipinski definition) is 2. The van der Waals surface area contributed by atoms with Gasteiger partial charge in [-0.25, -0.2) is 0 Å². The second kappa shape index (κ2) is 6.22. The number of hydrogen-bond donors (Lipinski definition) is 1. The van der Waals surface area contributed by atoms with E-state index in [0.717, 1.165) is 18.0 Å². The predicted octanol–water partition coefficient (Wildman–Crippen LogP) is 3.88. The summed E-state index contributed by atoms with van der Waals surface area (Å²) in [6, 6.07) is 8.14. The van der Waals surface area contributed by atoms with E-state index in [0.29, 0.717) is 16.6 Å². The number of nitriles is 1. The molecule has 0 unspecified atom stereocenters. The van der Waals surface area contributed by atoms with Crippen LogP contribution >= 0.6 is 11.6 Å². The summed E-state index contributed by atoms with van der Waals surface area (Å²) >= 11 is 6.16. The smallest absolute Gasteiger partial charge is 0.0992 e. The molecule has 0 heterocycles. The summed E-state index contributed by atoms with van der Waals surface area (Å²) in [5.41, 5.74) is 1.69. The Kier molecular flexibility index (Phi) is 4.63. The van der Waals surface area contributed by atoms with E-state index >= 15 is 0 Å². The lowest BCUT2D eigenvalue weighted by atomic mass is 9.99. The summed E-state index contributed by atoms with van der Waals surface area (Å²) in [4.78, 5) is 0. The lowest BCUT2D eigenvalue weighted by molar-refractivity contribution is 0.380. The molecule has 0 saturated heterocycles. The molecule has 0 amide bonds. The zero-order valence-corrected chi connectivity index (χ0v) is 11.5. The second-order valence-corrected chi connectivity index (χ2v) is 5.54. The van der Waals surface area contributed by atoms with Crippen LogP contribution in [-0.2, 0) is 6.54 Å². The first-order valence-electron chi connectivity index (χ1n) is 6.62. The maximum absolute atomic E-state index is 8.79. The van der Waals surface area contributed by atoms with Crippen LogP contribution in [0.5, 0.6) is 0 Å². The lowest BCUT2D eigenvalue weighted by Gasteiger charge is -2.20. The van der Waals surface area contributed by atoms with Crippen molar-refractivity contribution in [3.63, 3.8) is 0 Å². The Bertz CT molecular complexity index is 444. The number of halogens is 1. The fourth-order valence-corrected chi connectivity index (χ4v) is 2.90. The number of rotatable bonds is 4. The Balaban J connectivity index is 1.91. The zero-order chi connectivity index (χ0) is 13.0. The highest BCUT2D eigenvalue weighted by molar-refractivity contribution is 6.31. The molecule has 0 aromatic heterocycles. The molecule has 3 heteroatoms. The monoisotopic (exact) mass is 262 g/mol. The predicted molar refractivity (Wildman–Crippen MR) is 74.4 cm³/mol. The van der Waals surface area contributed by atoms with Crippen LogP contribution in [0.3, 0.4) is 0 Å². The molecule has 2 nitrogen and oxygen atoms in total. The van der Waals surface area contributed by atoms with E-state index in [2.05, 4.69) is 18.3 Å². The molecule has 0 radical (unpaired) electrons. The Labute approximate surface area is 114 Å². The standard InChI is InChI=1S/C15H19ClN2/c1-11(13-4-2-3-5-13)18-10-14-7-6-12(9-17)8-15(14)16/h6-8,11,13,18H,2-5,10H2,1H3/t11-/m1/s1. The Morgan fingerprint density at radius 2 is 2.17 bits per heavy atom. The fraction of sp³-hybridized carbons (Fsp3) is 0.533. The van der Waals surface area contributed by atoms with Crippen LogP contribution in [0.1, 0.15) is 43.7 Å². The summed E-state index contributed by atoms with van der Waals surface area (Å²) in [6.07, 6.45) is 5.42. The summed E-state index contributed by atoms with van der Waals surface area (Å²) in [5.74, 6) is 0.808. The first-order chi connectivity index (χ1) is 8.70. The van der Waals surface area contributed by atoms with Gasteiger partial charge >= 0.3 is 0 Å². The van der Waals surface area contributed by atoms with Gasteiger partial charge in [0.1, 0.15) is 0 Å². The minimum atomic E-state index is 0.541. The first-order valence-corrected chi connectivity index (χ1v) is 7.00. The third-order valence-corrected chi connectivity index (χ3v) is 4.26. The average molecular weight is 263 g/mol. The Hall–Kier alpha value is -1.04. The third kappa shape index (κ3) is 3.25. The zero-order valence-electron chi connectivity index (χ0n) is 10.7. The van der Waals surface area contributed by atoms with E-state index < -0.39 is 0 Å². The van der Waals surface area contributed by atoms with E-state index in [1.807, 2.05) is 12.1 Å². The van der Waals surface area contributed by atoms with Gasteiger partial charge in [-0.2, -0.15) is 5.26 Å². The van der Waals surface area contributed by atoms with Crippen molar-refractivity contribution in [3.8, 4) is 6.07 Å². The maximum Gasteiger partial charge on any atom is 0.0992 e. The summed E-state index contributed by atoms with van der Waals surface area (Å²) in [6.45, 7) is 3.04. The lowest BCUT2D eigenvalue weighted by Crippen LogP contribution is -2.31. The summed E-state index contributed by atoms with van der Waals surface area (Å²) in [5, 5.41) is 13.0. The van der Waals surface area contributed by atoms with Crippen molar-refractivity contribution >= 4 is 11.6 Å². The third-order valence-electron chi connectivity index (χ3n) is 3.90. The minimum absolute atomic E-state index is 0.541. The summed E-state index contributed by atoms with van der Waals surface area (Å²) in [7, 11) is 0. The average Bonchev–Trinajstić information content (AvgIpc) is 2.90. The normalized spacial score (nSPS) is 17.6. The van der Waals surface area contributed by atoms with Crippen LogP contribution < -0.4 is 5.32 Å². The molecule has 0 bridgehead atoms. The number of nitrogens with one attached hydrogen (secondary N) is 1. The summed E-state index contributed by atoms with van der Waals surface area (Å²) < 4.78 is 0. The Morgan fingerprint density at radius 1 is 1.44 bits per heavy atom. The van der Waals surface area contributed by atoms with Crippen molar-refractivity contribution in [1.82, 2.24) is 5.32 Å². The molecule has 1 aliphatic rings. The van der Waals surface area contributed by atoms with Crippen LogP contribution in [0.15, 0.2) is 18.2 Å². The molecule has 1 aliphatic carbocycles. The van der Waals surface area contributed by atoms with Crippen molar-refractivity contribution in [2.75, 3.05) is 0 Å². The molecule has 0 aliphatic heterocycles. The molecular formula is C15H19ClN2. The van der Waals surface area contributed by atoms with Gasteiger partial charge in [-0.15, -0.1) is 0 Å². The van der Waals surface area contributed by atoms with E-state index in [1.165, 1.54) is 25.7 Å². The molecule has 0 spiro atoms. The van der Waals surface area contributed by atoms with Crippen LogP contribution in [0, 0.1) is 17.2 Å². The molecule has 96 valence electrons. The number of nitrogens with zero attached hydrogens (tertiary/aromatic N) is 1. The van der Waals surface area contributed by atoms with Gasteiger partial charge in [0.2, 0.25) is 0 Å². The van der Waals surface area contributed by atoms with Gasteiger partial charge in [-0.3, -0.25) is 0 Å². The molecule has 18 heavy (non-hydrogen) atoms. The molecule has 2 rings (SSSR count). The minimum Gasteiger partial charge on any atom is -0.310 e. The highest BCUT2D eigenvalue weighted by Gasteiger charge is 2.21. The van der Waals surface area contributed by atoms with Gasteiger partial charge in [0.05, 0.1) is 11.6 Å². The molecule has 1 atom stereocenters. The van der Waals surface area contributed by atoms with Crippen molar-refractivity contribution in [3.05, 3.63) is 34.3 Å². The van der Waals surface area contributed by atoms with Gasteiger partial charge in [0, 0.05) is 17.6 Å². The van der Waals surface area contributed by atoms with Crippen molar-refractivity contribution < 1.29 is 0 Å².